The number of anilines is 1. The summed E-state index contributed by atoms with van der Waals surface area (Å²) in [6.07, 6.45) is 0.319. The Kier molecular flexibility index (Phi) is 8.07. The maximum Gasteiger partial charge on any atom is 0.242 e. The van der Waals surface area contributed by atoms with E-state index < -0.39 is 10.0 Å². The van der Waals surface area contributed by atoms with Gasteiger partial charge in [0.25, 0.3) is 0 Å². The number of hydrogen-bond donors (Lipinski definition) is 1. The molecule has 1 amide bonds. The van der Waals surface area contributed by atoms with Crippen molar-refractivity contribution in [1.82, 2.24) is 14.1 Å². The predicted molar refractivity (Wildman–Crippen MR) is 124 cm³/mol. The minimum atomic E-state index is -3.60. The van der Waals surface area contributed by atoms with E-state index in [2.05, 4.69) is 39.4 Å². The Bertz CT molecular complexity index is 991. The molecule has 0 aliphatic carbocycles. The fraction of sp³-hybridized carbons (Fsp3) is 0.409. The summed E-state index contributed by atoms with van der Waals surface area (Å²) in [7, 11) is -0.679. The number of hydrogen-bond acceptors (Lipinski definition) is 5. The molecule has 1 aliphatic heterocycles. The van der Waals surface area contributed by atoms with Crippen LogP contribution in [0.25, 0.3) is 0 Å². The predicted octanol–water partition coefficient (Wildman–Crippen LogP) is 2.74. The van der Waals surface area contributed by atoms with E-state index in [-0.39, 0.29) is 10.8 Å². The molecular weight excluding hydrogens is 436 g/mol. The zero-order valence-electron chi connectivity index (χ0n) is 17.9. The minimum Gasteiger partial charge on any atom is -0.325 e. The molecule has 0 atom stereocenters. The molecule has 1 fully saturated rings. The highest BCUT2D eigenvalue weighted by atomic mass is 35.5. The summed E-state index contributed by atoms with van der Waals surface area (Å²) in [5.41, 5.74) is 1.62. The Morgan fingerprint density at radius 1 is 1.03 bits per heavy atom. The first-order valence-electron chi connectivity index (χ1n) is 10.3. The van der Waals surface area contributed by atoms with Crippen molar-refractivity contribution < 1.29 is 13.2 Å². The van der Waals surface area contributed by atoms with Crippen molar-refractivity contribution in [3.05, 3.63) is 59.1 Å². The third-order valence-electron chi connectivity index (χ3n) is 5.36. The number of nitrogens with one attached hydrogen (secondary N) is 1. The van der Waals surface area contributed by atoms with Crippen LogP contribution in [0, 0.1) is 0 Å². The second kappa shape index (κ2) is 10.6. The highest BCUT2D eigenvalue weighted by molar-refractivity contribution is 7.89. The first-order chi connectivity index (χ1) is 14.8. The van der Waals surface area contributed by atoms with Crippen LogP contribution in [0.4, 0.5) is 5.69 Å². The van der Waals surface area contributed by atoms with Gasteiger partial charge in [0.1, 0.15) is 0 Å². The number of halogens is 1. The van der Waals surface area contributed by atoms with Crippen molar-refractivity contribution in [2.24, 2.45) is 0 Å². The Morgan fingerprint density at radius 2 is 1.68 bits per heavy atom. The zero-order valence-corrected chi connectivity index (χ0v) is 19.5. The van der Waals surface area contributed by atoms with Gasteiger partial charge >= 0.3 is 0 Å². The molecule has 0 bridgehead atoms. The molecule has 2 aromatic carbocycles. The second-order valence-corrected chi connectivity index (χ2v) is 10.4. The lowest BCUT2D eigenvalue weighted by atomic mass is 10.2. The summed E-state index contributed by atoms with van der Waals surface area (Å²) in [6.45, 7) is 5.35. The van der Waals surface area contributed by atoms with Crippen LogP contribution >= 0.6 is 11.6 Å². The Labute approximate surface area is 189 Å². The number of rotatable bonds is 8. The largest absolute Gasteiger partial charge is 0.325 e. The van der Waals surface area contributed by atoms with E-state index >= 15 is 0 Å². The molecular formula is C22H29ClN4O3S. The van der Waals surface area contributed by atoms with Gasteiger partial charge in [0.2, 0.25) is 15.9 Å². The van der Waals surface area contributed by atoms with Gasteiger partial charge in [-0.15, -0.1) is 0 Å². The molecule has 1 heterocycles. The average Bonchev–Trinajstić information content (AvgIpc) is 2.75. The first kappa shape index (κ1) is 23.7. The molecule has 9 heteroatoms. The quantitative estimate of drug-likeness (QED) is 0.650. The number of benzene rings is 2. The summed E-state index contributed by atoms with van der Waals surface area (Å²) in [5, 5.41) is 3.06. The van der Waals surface area contributed by atoms with Crippen LogP contribution in [-0.4, -0.2) is 75.2 Å². The third kappa shape index (κ3) is 6.51. The van der Waals surface area contributed by atoms with Crippen molar-refractivity contribution in [2.45, 2.75) is 17.9 Å². The summed E-state index contributed by atoms with van der Waals surface area (Å²) in [5.74, 6) is -0.187. The molecule has 1 aliphatic rings. The van der Waals surface area contributed by atoms with Crippen LogP contribution < -0.4 is 5.32 Å². The molecule has 0 radical (unpaired) electrons. The second-order valence-electron chi connectivity index (χ2n) is 7.83. The van der Waals surface area contributed by atoms with Gasteiger partial charge in [0.05, 0.1) is 15.6 Å². The topological polar surface area (TPSA) is 73.0 Å². The molecule has 0 aromatic heterocycles. The molecule has 0 saturated carbocycles. The number of carbonyl (C=O) groups is 1. The van der Waals surface area contributed by atoms with Crippen molar-refractivity contribution in [2.75, 3.05) is 52.1 Å². The highest BCUT2D eigenvalue weighted by Crippen LogP contribution is 2.26. The van der Waals surface area contributed by atoms with Crippen molar-refractivity contribution >= 4 is 33.2 Å². The van der Waals surface area contributed by atoms with Gasteiger partial charge in [-0.05, 0) is 23.8 Å². The Morgan fingerprint density at radius 3 is 2.32 bits per heavy atom. The number of piperazine rings is 1. The van der Waals surface area contributed by atoms with Gasteiger partial charge in [-0.25, -0.2) is 12.7 Å². The normalized spacial score (nSPS) is 15.9. The fourth-order valence-corrected chi connectivity index (χ4v) is 4.55. The van der Waals surface area contributed by atoms with Crippen molar-refractivity contribution in [1.29, 1.82) is 0 Å². The molecule has 3 rings (SSSR count). The maximum atomic E-state index is 12.4. The lowest BCUT2D eigenvalue weighted by Crippen LogP contribution is -2.46. The molecule has 0 spiro atoms. The van der Waals surface area contributed by atoms with Gasteiger partial charge in [-0.3, -0.25) is 9.69 Å². The van der Waals surface area contributed by atoms with Gasteiger partial charge in [0, 0.05) is 59.8 Å². The number of sulfonamides is 1. The van der Waals surface area contributed by atoms with E-state index in [9.17, 15) is 13.2 Å². The van der Waals surface area contributed by atoms with Crippen molar-refractivity contribution in [3.63, 3.8) is 0 Å². The SMILES string of the molecule is CN(C)S(=O)(=O)c1ccc(Cl)c(NC(=O)CCN2CCN(Cc3ccccc3)CC2)c1. The third-order valence-corrected chi connectivity index (χ3v) is 7.50. The van der Waals surface area contributed by atoms with E-state index in [1.54, 1.807) is 0 Å². The number of carbonyl (C=O) groups excluding carboxylic acids is 1. The summed E-state index contributed by atoms with van der Waals surface area (Å²) in [6, 6.07) is 14.7. The zero-order chi connectivity index (χ0) is 22.4. The molecule has 168 valence electrons. The van der Waals surface area contributed by atoms with Crippen LogP contribution in [-0.2, 0) is 21.4 Å². The lowest BCUT2D eigenvalue weighted by molar-refractivity contribution is -0.116. The van der Waals surface area contributed by atoms with E-state index in [0.717, 1.165) is 37.0 Å². The van der Waals surface area contributed by atoms with Crippen LogP contribution in [0.5, 0.6) is 0 Å². The standard InChI is InChI=1S/C22H29ClN4O3S/c1-25(2)31(29,30)19-8-9-20(23)21(16-19)24-22(28)10-11-26-12-14-27(15-13-26)17-18-6-4-3-5-7-18/h3-9,16H,10-15,17H2,1-2H3,(H,24,28). The number of amides is 1. The van der Waals surface area contributed by atoms with E-state index in [4.69, 9.17) is 11.6 Å². The Balaban J connectivity index is 1.48. The smallest absolute Gasteiger partial charge is 0.242 e. The van der Waals surface area contributed by atoms with Crippen molar-refractivity contribution in [3.8, 4) is 0 Å². The molecule has 0 unspecified atom stereocenters. The monoisotopic (exact) mass is 464 g/mol. The van der Waals surface area contributed by atoms with Crippen LogP contribution in [0.1, 0.15) is 12.0 Å². The van der Waals surface area contributed by atoms with E-state index in [1.807, 2.05) is 6.07 Å². The molecule has 31 heavy (non-hydrogen) atoms. The lowest BCUT2D eigenvalue weighted by Gasteiger charge is -2.34. The molecule has 1 N–H and O–H groups in total. The van der Waals surface area contributed by atoms with Gasteiger partial charge in [-0.1, -0.05) is 41.9 Å². The molecule has 7 nitrogen and oxygen atoms in total. The first-order valence-corrected chi connectivity index (χ1v) is 12.1. The fourth-order valence-electron chi connectivity index (χ4n) is 3.46. The van der Waals surface area contributed by atoms with Crippen LogP contribution in [0.15, 0.2) is 53.4 Å². The van der Waals surface area contributed by atoms with E-state index in [0.29, 0.717) is 23.7 Å². The van der Waals surface area contributed by atoms with Gasteiger partial charge in [-0.2, -0.15) is 0 Å². The number of nitrogens with zero attached hydrogens (tertiary/aromatic N) is 3. The van der Waals surface area contributed by atoms with Crippen LogP contribution in [0.3, 0.4) is 0 Å². The highest BCUT2D eigenvalue weighted by Gasteiger charge is 2.20. The van der Waals surface area contributed by atoms with E-state index in [1.165, 1.54) is 37.9 Å². The summed E-state index contributed by atoms with van der Waals surface area (Å²) < 4.78 is 25.8. The summed E-state index contributed by atoms with van der Waals surface area (Å²) >= 11 is 6.16. The van der Waals surface area contributed by atoms with Gasteiger partial charge < -0.3 is 10.2 Å². The molecule has 1 saturated heterocycles. The Hall–Kier alpha value is -1.97. The van der Waals surface area contributed by atoms with Crippen LogP contribution in [0.2, 0.25) is 5.02 Å². The summed E-state index contributed by atoms with van der Waals surface area (Å²) in [4.78, 5) is 17.2. The molecule has 2 aromatic rings. The minimum absolute atomic E-state index is 0.0896. The van der Waals surface area contributed by atoms with Gasteiger partial charge in [0.15, 0.2) is 0 Å². The average molecular weight is 465 g/mol. The maximum absolute atomic E-state index is 12.4.